The van der Waals surface area contributed by atoms with Gasteiger partial charge in [-0.05, 0) is 30.3 Å². The molecule has 0 unspecified atom stereocenters. The van der Waals surface area contributed by atoms with Crippen LogP contribution in [0.3, 0.4) is 0 Å². The molecule has 4 N–H and O–H groups in total. The molecule has 0 fully saturated rings. The lowest BCUT2D eigenvalue weighted by Gasteiger charge is -2.08. The molecule has 0 atom stereocenters. The van der Waals surface area contributed by atoms with Gasteiger partial charge in [-0.15, -0.1) is 0 Å². The Morgan fingerprint density at radius 3 is 2.77 bits per heavy atom. The second kappa shape index (κ2) is 4.79. The highest BCUT2D eigenvalue weighted by atomic mass is 32.1. The summed E-state index contributed by atoms with van der Waals surface area (Å²) in [6, 6.07) is 8.14. The zero-order valence-corrected chi connectivity index (χ0v) is 8.32. The number of hydrazine groups is 1. The molecule has 13 heavy (non-hydrogen) atoms. The maximum Gasteiger partial charge on any atom is 0.180 e. The summed E-state index contributed by atoms with van der Waals surface area (Å²) in [6.07, 6.45) is 0. The molecule has 70 valence electrons. The van der Waals surface area contributed by atoms with Crippen LogP contribution in [0.2, 0.25) is 0 Å². The van der Waals surface area contributed by atoms with Crippen LogP contribution in [-0.2, 0) is 6.54 Å². The maximum atomic E-state index is 5.12. The number of nitrogens with one attached hydrogen (secondary N) is 2. The van der Waals surface area contributed by atoms with E-state index in [1.165, 1.54) is 11.1 Å². The second-order valence-electron chi connectivity index (χ2n) is 2.75. The molecule has 0 aliphatic rings. The van der Waals surface area contributed by atoms with Gasteiger partial charge >= 0.3 is 0 Å². The Balaban J connectivity index is 2.54. The molecule has 3 nitrogen and oxygen atoms in total. The molecule has 1 aromatic rings. The minimum absolute atomic E-state index is 0.461. The van der Waals surface area contributed by atoms with Gasteiger partial charge in [-0.3, -0.25) is 0 Å². The first kappa shape index (κ1) is 9.95. The predicted molar refractivity (Wildman–Crippen MR) is 57.9 cm³/mol. The van der Waals surface area contributed by atoms with Crippen molar-refractivity contribution in [1.29, 1.82) is 0 Å². The summed E-state index contributed by atoms with van der Waals surface area (Å²) in [5.41, 5.74) is 4.84. The van der Waals surface area contributed by atoms with E-state index in [-0.39, 0.29) is 0 Å². The number of hydrogen-bond acceptors (Lipinski definition) is 2. The summed E-state index contributed by atoms with van der Waals surface area (Å²) in [7, 11) is 0. The molecule has 0 saturated carbocycles. The van der Waals surface area contributed by atoms with Gasteiger partial charge in [0.25, 0.3) is 0 Å². The van der Waals surface area contributed by atoms with E-state index in [0.717, 1.165) is 0 Å². The third kappa shape index (κ3) is 3.01. The Morgan fingerprint density at radius 2 is 2.15 bits per heavy atom. The molecule has 0 spiro atoms. The average molecular weight is 195 g/mol. The molecule has 0 aromatic heterocycles. The van der Waals surface area contributed by atoms with Crippen molar-refractivity contribution in [3.05, 3.63) is 35.4 Å². The molecule has 0 radical (unpaired) electrons. The standard InChI is InChI=1S/C9H13N3S/c1-7-4-2-3-5-8(7)6-11-9(13)12-10/h2-5H,6,10H2,1H3,(H2,11,12,13). The van der Waals surface area contributed by atoms with Gasteiger partial charge in [0.2, 0.25) is 0 Å². The van der Waals surface area contributed by atoms with Crippen molar-refractivity contribution in [3.8, 4) is 0 Å². The normalized spacial score (nSPS) is 9.38. The predicted octanol–water partition coefficient (Wildman–Crippen LogP) is 0.833. The van der Waals surface area contributed by atoms with E-state index in [4.69, 9.17) is 18.1 Å². The fraction of sp³-hybridized carbons (Fsp3) is 0.222. The van der Waals surface area contributed by atoms with Crippen molar-refractivity contribution in [3.63, 3.8) is 0 Å². The quantitative estimate of drug-likeness (QED) is 0.372. The number of nitrogens with two attached hydrogens (primary N) is 1. The summed E-state index contributed by atoms with van der Waals surface area (Å²) < 4.78 is 0. The SMILES string of the molecule is Cc1ccccc1CNC(=S)NN. The van der Waals surface area contributed by atoms with E-state index in [9.17, 15) is 0 Å². The highest BCUT2D eigenvalue weighted by molar-refractivity contribution is 7.80. The molecular formula is C9H13N3S. The summed E-state index contributed by atoms with van der Waals surface area (Å²) in [4.78, 5) is 0. The van der Waals surface area contributed by atoms with Gasteiger partial charge < -0.3 is 10.7 Å². The van der Waals surface area contributed by atoms with E-state index in [2.05, 4.69) is 29.8 Å². The van der Waals surface area contributed by atoms with Crippen molar-refractivity contribution in [2.75, 3.05) is 0 Å². The zero-order valence-electron chi connectivity index (χ0n) is 7.50. The molecule has 0 aliphatic heterocycles. The molecule has 0 saturated heterocycles. The summed E-state index contributed by atoms with van der Waals surface area (Å²) in [5, 5.41) is 3.45. The molecule has 0 amide bonds. The van der Waals surface area contributed by atoms with Gasteiger partial charge in [0.15, 0.2) is 5.11 Å². The van der Waals surface area contributed by atoms with Crippen molar-refractivity contribution in [1.82, 2.24) is 10.7 Å². The molecule has 0 bridgehead atoms. The Bertz CT molecular complexity index is 299. The van der Waals surface area contributed by atoms with Crippen LogP contribution in [0.25, 0.3) is 0 Å². The first-order valence-corrected chi connectivity index (χ1v) is 4.44. The Hall–Kier alpha value is -1.13. The minimum atomic E-state index is 0.461. The van der Waals surface area contributed by atoms with Crippen LogP contribution in [-0.4, -0.2) is 5.11 Å². The van der Waals surface area contributed by atoms with E-state index in [0.29, 0.717) is 11.7 Å². The number of rotatable bonds is 2. The van der Waals surface area contributed by atoms with Gasteiger partial charge in [0.05, 0.1) is 0 Å². The molecule has 1 rings (SSSR count). The van der Waals surface area contributed by atoms with Gasteiger partial charge in [0, 0.05) is 6.54 Å². The van der Waals surface area contributed by atoms with E-state index in [1.54, 1.807) is 0 Å². The number of benzene rings is 1. The lowest BCUT2D eigenvalue weighted by molar-refractivity contribution is 0.860. The van der Waals surface area contributed by atoms with Crippen LogP contribution in [0.1, 0.15) is 11.1 Å². The highest BCUT2D eigenvalue weighted by Crippen LogP contribution is 2.05. The highest BCUT2D eigenvalue weighted by Gasteiger charge is 1.96. The van der Waals surface area contributed by atoms with Gasteiger partial charge in [-0.1, -0.05) is 24.3 Å². The van der Waals surface area contributed by atoms with Crippen molar-refractivity contribution in [2.45, 2.75) is 13.5 Å². The van der Waals surface area contributed by atoms with Crippen LogP contribution in [0.4, 0.5) is 0 Å². The number of aryl methyl sites for hydroxylation is 1. The van der Waals surface area contributed by atoms with Crippen molar-refractivity contribution in [2.24, 2.45) is 5.84 Å². The van der Waals surface area contributed by atoms with E-state index >= 15 is 0 Å². The number of hydrogen-bond donors (Lipinski definition) is 3. The monoisotopic (exact) mass is 195 g/mol. The smallest absolute Gasteiger partial charge is 0.180 e. The van der Waals surface area contributed by atoms with Gasteiger partial charge in [0.1, 0.15) is 0 Å². The van der Waals surface area contributed by atoms with Crippen LogP contribution < -0.4 is 16.6 Å². The molecule has 0 aliphatic carbocycles. The van der Waals surface area contributed by atoms with E-state index in [1.807, 2.05) is 12.1 Å². The first-order valence-electron chi connectivity index (χ1n) is 4.03. The minimum Gasteiger partial charge on any atom is -0.358 e. The summed E-state index contributed by atoms with van der Waals surface area (Å²) in [5.74, 6) is 5.12. The number of thiocarbonyl (C=S) groups is 1. The molecule has 0 heterocycles. The Kier molecular flexibility index (Phi) is 3.67. The Labute approximate surface area is 83.3 Å². The fourth-order valence-corrected chi connectivity index (χ4v) is 1.11. The lowest BCUT2D eigenvalue weighted by Crippen LogP contribution is -2.39. The van der Waals surface area contributed by atoms with Crippen LogP contribution in [0.15, 0.2) is 24.3 Å². The van der Waals surface area contributed by atoms with Crippen molar-refractivity contribution >= 4 is 17.3 Å². The largest absolute Gasteiger partial charge is 0.358 e. The van der Waals surface area contributed by atoms with Crippen LogP contribution in [0, 0.1) is 6.92 Å². The maximum absolute atomic E-state index is 5.12. The van der Waals surface area contributed by atoms with Crippen LogP contribution in [0.5, 0.6) is 0 Å². The third-order valence-electron chi connectivity index (χ3n) is 1.83. The van der Waals surface area contributed by atoms with Crippen molar-refractivity contribution < 1.29 is 0 Å². The second-order valence-corrected chi connectivity index (χ2v) is 3.16. The summed E-state index contributed by atoms with van der Waals surface area (Å²) >= 11 is 4.85. The molecule has 1 aromatic carbocycles. The third-order valence-corrected chi connectivity index (χ3v) is 2.09. The zero-order chi connectivity index (χ0) is 9.68. The van der Waals surface area contributed by atoms with Gasteiger partial charge in [-0.25, -0.2) is 5.84 Å². The average Bonchev–Trinajstić information content (AvgIpc) is 2.16. The molecule has 4 heteroatoms. The lowest BCUT2D eigenvalue weighted by atomic mass is 10.1. The topological polar surface area (TPSA) is 50.1 Å². The van der Waals surface area contributed by atoms with E-state index < -0.39 is 0 Å². The van der Waals surface area contributed by atoms with Crippen LogP contribution >= 0.6 is 12.2 Å². The first-order chi connectivity index (χ1) is 6.24. The molecular weight excluding hydrogens is 182 g/mol. The Morgan fingerprint density at radius 1 is 1.46 bits per heavy atom. The van der Waals surface area contributed by atoms with Gasteiger partial charge in [-0.2, -0.15) is 0 Å². The fourth-order valence-electron chi connectivity index (χ4n) is 1.03. The summed E-state index contributed by atoms with van der Waals surface area (Å²) in [6.45, 7) is 2.77.